The van der Waals surface area contributed by atoms with Crippen molar-refractivity contribution in [2.45, 2.75) is 24.7 Å². The average Bonchev–Trinajstić information content (AvgIpc) is 2.38. The lowest BCUT2D eigenvalue weighted by Gasteiger charge is -2.27. The van der Waals surface area contributed by atoms with Gasteiger partial charge < -0.3 is 4.90 Å². The fourth-order valence-electron chi connectivity index (χ4n) is 2.65. The van der Waals surface area contributed by atoms with Crippen LogP contribution in [0.5, 0.6) is 0 Å². The number of hydrogen-bond acceptors (Lipinski definition) is 2. The van der Waals surface area contributed by atoms with E-state index < -0.39 is 9.84 Å². The smallest absolute Gasteiger partial charge is 0.183 e. The molecule has 0 spiro atoms. The summed E-state index contributed by atoms with van der Waals surface area (Å²) in [7, 11) is -3.10. The van der Waals surface area contributed by atoms with E-state index in [4.69, 9.17) is 0 Å². The maximum atomic E-state index is 12.1. The lowest BCUT2D eigenvalue weighted by Crippen LogP contribution is -3.14. The van der Waals surface area contributed by atoms with Crippen LogP contribution in [0, 0.1) is 5.92 Å². The molecule has 0 aromatic heterocycles. The number of piperidine rings is 1. The molecule has 1 unspecified atom stereocenters. The van der Waals surface area contributed by atoms with Crippen LogP contribution >= 0.6 is 0 Å². The molecule has 1 aromatic rings. The third-order valence-electron chi connectivity index (χ3n) is 3.69. The molecule has 1 saturated heterocycles. The van der Waals surface area contributed by atoms with E-state index in [1.54, 1.807) is 24.3 Å². The van der Waals surface area contributed by atoms with E-state index in [9.17, 15) is 8.42 Å². The quantitative estimate of drug-likeness (QED) is 0.876. The summed E-state index contributed by atoms with van der Waals surface area (Å²) < 4.78 is 24.3. The van der Waals surface area contributed by atoms with Crippen LogP contribution in [0.25, 0.3) is 0 Å². The van der Waals surface area contributed by atoms with Gasteiger partial charge in [0.25, 0.3) is 0 Å². The molecular formula is C14H22NO2S+. The number of likely N-dealkylation sites (tertiary alicyclic amines) is 1. The van der Waals surface area contributed by atoms with Crippen molar-refractivity contribution >= 4 is 9.84 Å². The molecule has 0 saturated carbocycles. The molecule has 1 fully saturated rings. The first kappa shape index (κ1) is 13.6. The standard InChI is InChI=1S/C14H21NO2S/c1-13-6-5-9-15(12-13)10-11-18(16,17)14-7-3-2-4-8-14/h2-4,7-8,13H,5-6,9-12H2,1H3/p+1/t13-/m0/s1. The van der Waals surface area contributed by atoms with Gasteiger partial charge in [0.05, 0.1) is 24.5 Å². The van der Waals surface area contributed by atoms with Gasteiger partial charge in [-0.15, -0.1) is 0 Å². The lowest BCUT2D eigenvalue weighted by molar-refractivity contribution is -0.906. The third-order valence-corrected chi connectivity index (χ3v) is 5.42. The summed E-state index contributed by atoms with van der Waals surface area (Å²) in [5.41, 5.74) is 0. The Morgan fingerprint density at radius 3 is 2.67 bits per heavy atom. The molecule has 18 heavy (non-hydrogen) atoms. The van der Waals surface area contributed by atoms with Gasteiger partial charge in [0, 0.05) is 5.92 Å². The molecule has 0 amide bonds. The second-order valence-corrected chi connectivity index (χ2v) is 7.44. The monoisotopic (exact) mass is 268 g/mol. The zero-order valence-corrected chi connectivity index (χ0v) is 11.7. The predicted octanol–water partition coefficient (Wildman–Crippen LogP) is 0.775. The molecule has 2 rings (SSSR count). The average molecular weight is 268 g/mol. The van der Waals surface area contributed by atoms with Crippen LogP contribution in [-0.4, -0.2) is 33.8 Å². The van der Waals surface area contributed by atoms with Gasteiger partial charge >= 0.3 is 0 Å². The summed E-state index contributed by atoms with van der Waals surface area (Å²) in [6.07, 6.45) is 2.51. The van der Waals surface area contributed by atoms with E-state index in [-0.39, 0.29) is 5.75 Å². The van der Waals surface area contributed by atoms with E-state index >= 15 is 0 Å². The summed E-state index contributed by atoms with van der Waals surface area (Å²) in [6, 6.07) is 8.77. The Labute approximate surface area is 110 Å². The Hall–Kier alpha value is -0.870. The molecule has 0 bridgehead atoms. The molecule has 0 aliphatic carbocycles. The summed E-state index contributed by atoms with van der Waals surface area (Å²) >= 11 is 0. The Bertz CT molecular complexity index is 470. The number of sulfone groups is 1. The van der Waals surface area contributed by atoms with Gasteiger partial charge in [0.15, 0.2) is 9.84 Å². The largest absolute Gasteiger partial charge is 0.334 e. The van der Waals surface area contributed by atoms with Crippen LogP contribution in [-0.2, 0) is 9.84 Å². The molecule has 4 heteroatoms. The van der Waals surface area contributed by atoms with Crippen LogP contribution in [0.4, 0.5) is 0 Å². The van der Waals surface area contributed by atoms with Crippen molar-refractivity contribution in [3.8, 4) is 0 Å². The minimum Gasteiger partial charge on any atom is -0.334 e. The molecule has 0 radical (unpaired) electrons. The Kier molecular flexibility index (Phi) is 4.40. The Balaban J connectivity index is 1.93. The Morgan fingerprint density at radius 2 is 2.00 bits per heavy atom. The fraction of sp³-hybridized carbons (Fsp3) is 0.571. The second-order valence-electron chi connectivity index (χ2n) is 5.33. The molecule has 100 valence electrons. The summed E-state index contributed by atoms with van der Waals surface area (Å²) in [6.45, 7) is 5.23. The summed E-state index contributed by atoms with van der Waals surface area (Å²) in [5.74, 6) is 0.993. The highest BCUT2D eigenvalue weighted by molar-refractivity contribution is 7.91. The maximum absolute atomic E-state index is 12.1. The normalized spacial score (nSPS) is 24.9. The molecule has 1 aliphatic heterocycles. The number of benzene rings is 1. The molecule has 3 nitrogen and oxygen atoms in total. The van der Waals surface area contributed by atoms with Gasteiger partial charge in [0.1, 0.15) is 5.75 Å². The highest BCUT2D eigenvalue weighted by Gasteiger charge is 2.22. The van der Waals surface area contributed by atoms with Gasteiger partial charge in [-0.1, -0.05) is 25.1 Å². The number of rotatable bonds is 4. The molecular weight excluding hydrogens is 246 g/mol. The van der Waals surface area contributed by atoms with Crippen LogP contribution in [0.1, 0.15) is 19.8 Å². The van der Waals surface area contributed by atoms with Gasteiger partial charge in [0.2, 0.25) is 0 Å². The topological polar surface area (TPSA) is 38.6 Å². The van der Waals surface area contributed by atoms with Gasteiger partial charge in [-0.25, -0.2) is 8.42 Å². The number of quaternary nitrogens is 1. The predicted molar refractivity (Wildman–Crippen MR) is 72.5 cm³/mol. The molecule has 1 heterocycles. The van der Waals surface area contributed by atoms with E-state index in [0.29, 0.717) is 4.90 Å². The summed E-state index contributed by atoms with van der Waals surface area (Å²) in [4.78, 5) is 1.89. The van der Waals surface area contributed by atoms with Crippen molar-refractivity contribution in [1.82, 2.24) is 0 Å². The fourth-order valence-corrected chi connectivity index (χ4v) is 4.01. The summed E-state index contributed by atoms with van der Waals surface area (Å²) in [5, 5.41) is 0. The van der Waals surface area contributed by atoms with E-state index in [1.807, 2.05) is 6.07 Å². The first-order valence-corrected chi connectivity index (χ1v) is 8.34. The Morgan fingerprint density at radius 1 is 1.28 bits per heavy atom. The molecule has 1 aliphatic rings. The van der Waals surface area contributed by atoms with Crippen molar-refractivity contribution in [3.63, 3.8) is 0 Å². The zero-order chi connectivity index (χ0) is 13.0. The van der Waals surface area contributed by atoms with Crippen molar-refractivity contribution in [2.75, 3.05) is 25.4 Å². The second kappa shape index (κ2) is 5.85. The van der Waals surface area contributed by atoms with Crippen molar-refractivity contribution in [1.29, 1.82) is 0 Å². The van der Waals surface area contributed by atoms with Crippen molar-refractivity contribution in [2.24, 2.45) is 5.92 Å². The zero-order valence-electron chi connectivity index (χ0n) is 10.9. The first-order valence-electron chi connectivity index (χ1n) is 6.69. The van der Waals surface area contributed by atoms with Crippen LogP contribution < -0.4 is 4.90 Å². The van der Waals surface area contributed by atoms with Crippen LogP contribution in [0.3, 0.4) is 0 Å². The molecule has 1 aromatic carbocycles. The van der Waals surface area contributed by atoms with Gasteiger partial charge in [-0.3, -0.25) is 0 Å². The number of hydrogen-bond donors (Lipinski definition) is 1. The minimum atomic E-state index is -3.10. The molecule has 1 N–H and O–H groups in total. The first-order chi connectivity index (χ1) is 8.58. The van der Waals surface area contributed by atoms with Crippen molar-refractivity contribution < 1.29 is 13.3 Å². The highest BCUT2D eigenvalue weighted by atomic mass is 32.2. The van der Waals surface area contributed by atoms with E-state index in [1.165, 1.54) is 17.7 Å². The van der Waals surface area contributed by atoms with E-state index in [0.717, 1.165) is 25.6 Å². The SMILES string of the molecule is C[C@H]1CCC[NH+](CCS(=O)(=O)c2ccccc2)C1. The maximum Gasteiger partial charge on any atom is 0.183 e. The van der Waals surface area contributed by atoms with Crippen molar-refractivity contribution in [3.05, 3.63) is 30.3 Å². The van der Waals surface area contributed by atoms with Crippen LogP contribution in [0.15, 0.2) is 35.2 Å². The molecule has 2 atom stereocenters. The van der Waals surface area contributed by atoms with E-state index in [2.05, 4.69) is 6.92 Å². The number of nitrogens with one attached hydrogen (secondary N) is 1. The minimum absolute atomic E-state index is 0.263. The highest BCUT2D eigenvalue weighted by Crippen LogP contribution is 2.09. The third kappa shape index (κ3) is 3.56. The van der Waals surface area contributed by atoms with Crippen LogP contribution in [0.2, 0.25) is 0 Å². The van der Waals surface area contributed by atoms with Gasteiger partial charge in [-0.2, -0.15) is 0 Å². The lowest BCUT2D eigenvalue weighted by atomic mass is 10.0. The van der Waals surface area contributed by atoms with Gasteiger partial charge in [-0.05, 0) is 25.0 Å².